The molecule has 1 unspecified atom stereocenters. The van der Waals surface area contributed by atoms with E-state index < -0.39 is 0 Å². The molecule has 0 spiro atoms. The molecule has 0 aliphatic carbocycles. The molecule has 2 N–H and O–H groups in total. The normalized spacial score (nSPS) is 16.7. The molecule has 3 aromatic rings. The maximum Gasteiger partial charge on any atom is 0.274 e. The number of hydrogen-bond donors (Lipinski definition) is 1. The van der Waals surface area contributed by atoms with E-state index in [0.717, 1.165) is 40.4 Å². The second-order valence-electron chi connectivity index (χ2n) is 6.47. The van der Waals surface area contributed by atoms with Crippen molar-refractivity contribution in [2.75, 3.05) is 13.1 Å². The minimum Gasteiger partial charge on any atom is -0.333 e. The van der Waals surface area contributed by atoms with Crippen LogP contribution in [0.2, 0.25) is 5.02 Å². The summed E-state index contributed by atoms with van der Waals surface area (Å²) in [4.78, 5) is 24.8. The van der Waals surface area contributed by atoms with Crippen LogP contribution in [0.15, 0.2) is 48.8 Å². The highest BCUT2D eigenvalue weighted by atomic mass is 35.5. The van der Waals surface area contributed by atoms with Crippen LogP contribution in [0, 0.1) is 0 Å². The van der Waals surface area contributed by atoms with Gasteiger partial charge in [0, 0.05) is 42.1 Å². The van der Waals surface area contributed by atoms with Crippen LogP contribution in [0.5, 0.6) is 0 Å². The van der Waals surface area contributed by atoms with E-state index in [4.69, 9.17) is 22.3 Å². The molecule has 1 amide bonds. The zero-order valence-electron chi connectivity index (χ0n) is 14.6. The van der Waals surface area contributed by atoms with Crippen LogP contribution in [0.25, 0.3) is 21.0 Å². The maximum atomic E-state index is 13.3. The summed E-state index contributed by atoms with van der Waals surface area (Å²) in [6.45, 7) is 1.19. The molecule has 7 heteroatoms. The van der Waals surface area contributed by atoms with Crippen LogP contribution < -0.4 is 5.73 Å². The highest BCUT2D eigenvalue weighted by molar-refractivity contribution is 7.18. The third-order valence-electron chi connectivity index (χ3n) is 4.75. The van der Waals surface area contributed by atoms with Gasteiger partial charge in [-0.25, -0.2) is 4.98 Å². The second kappa shape index (κ2) is 7.76. The Hall–Kier alpha value is -2.28. The number of halogens is 1. The number of likely N-dealkylation sites (tertiary alicyclic amines) is 1. The van der Waals surface area contributed by atoms with Gasteiger partial charge >= 0.3 is 0 Å². The fraction of sp³-hybridized carbons (Fsp3) is 0.250. The van der Waals surface area contributed by atoms with E-state index >= 15 is 0 Å². The van der Waals surface area contributed by atoms with Gasteiger partial charge in [0.05, 0.1) is 4.88 Å². The number of carbonyl (C=O) groups is 1. The summed E-state index contributed by atoms with van der Waals surface area (Å²) in [7, 11) is 0. The second-order valence-corrected chi connectivity index (χ2v) is 7.91. The quantitative estimate of drug-likeness (QED) is 0.718. The van der Waals surface area contributed by atoms with Crippen molar-refractivity contribution in [3.8, 4) is 21.0 Å². The Bertz CT molecular complexity index is 960. The number of pyridine rings is 1. The lowest BCUT2D eigenvalue weighted by Crippen LogP contribution is -2.40. The molecule has 1 fully saturated rings. The molecule has 1 aliphatic heterocycles. The molecule has 0 radical (unpaired) electrons. The van der Waals surface area contributed by atoms with Crippen LogP contribution in [-0.2, 0) is 0 Å². The Morgan fingerprint density at radius 2 is 2.07 bits per heavy atom. The number of hydrogen-bond acceptors (Lipinski definition) is 5. The Labute approximate surface area is 166 Å². The molecule has 0 saturated carbocycles. The van der Waals surface area contributed by atoms with Gasteiger partial charge in [0.1, 0.15) is 10.7 Å². The predicted octanol–water partition coefficient (Wildman–Crippen LogP) is 4.09. The van der Waals surface area contributed by atoms with E-state index in [0.29, 0.717) is 17.3 Å². The Morgan fingerprint density at radius 3 is 2.81 bits per heavy atom. The Balaban J connectivity index is 1.81. The molecule has 3 heterocycles. The summed E-state index contributed by atoms with van der Waals surface area (Å²) >= 11 is 7.68. The van der Waals surface area contributed by atoms with Gasteiger partial charge < -0.3 is 10.6 Å². The lowest BCUT2D eigenvalue weighted by molar-refractivity contribution is 0.0737. The molecule has 1 aromatic carbocycles. The molecule has 138 valence electrons. The molecule has 4 rings (SSSR count). The van der Waals surface area contributed by atoms with Gasteiger partial charge in [0.15, 0.2) is 0 Å². The highest BCUT2D eigenvalue weighted by Gasteiger charge is 2.32. The fourth-order valence-electron chi connectivity index (χ4n) is 3.39. The number of benzene rings is 1. The molecule has 0 bridgehead atoms. The van der Waals surface area contributed by atoms with E-state index in [-0.39, 0.29) is 11.9 Å². The molecule has 1 saturated heterocycles. The Kier molecular flexibility index (Phi) is 5.20. The van der Waals surface area contributed by atoms with Gasteiger partial charge in [0.25, 0.3) is 5.91 Å². The zero-order valence-corrected chi connectivity index (χ0v) is 16.2. The van der Waals surface area contributed by atoms with Gasteiger partial charge in [-0.1, -0.05) is 23.7 Å². The van der Waals surface area contributed by atoms with Crippen molar-refractivity contribution in [3.05, 3.63) is 59.5 Å². The SMILES string of the molecule is NCC1CCCN1C(=O)c1nc(-c2ccncc2)sc1-c1cccc(Cl)c1. The van der Waals surface area contributed by atoms with Crippen LogP contribution >= 0.6 is 22.9 Å². The molecule has 27 heavy (non-hydrogen) atoms. The smallest absolute Gasteiger partial charge is 0.274 e. The van der Waals surface area contributed by atoms with E-state index in [9.17, 15) is 4.79 Å². The number of carbonyl (C=O) groups excluding carboxylic acids is 1. The predicted molar refractivity (Wildman–Crippen MR) is 109 cm³/mol. The van der Waals surface area contributed by atoms with Crippen molar-refractivity contribution in [2.45, 2.75) is 18.9 Å². The third kappa shape index (κ3) is 3.60. The first kappa shape index (κ1) is 18.1. The van der Waals surface area contributed by atoms with Crippen molar-refractivity contribution in [2.24, 2.45) is 5.73 Å². The van der Waals surface area contributed by atoms with Gasteiger partial charge in [-0.15, -0.1) is 11.3 Å². The molecule has 5 nitrogen and oxygen atoms in total. The van der Waals surface area contributed by atoms with Crippen LogP contribution in [0.1, 0.15) is 23.3 Å². The number of nitrogens with two attached hydrogens (primary N) is 1. The first-order valence-corrected chi connectivity index (χ1v) is 10.0. The van der Waals surface area contributed by atoms with E-state index in [2.05, 4.69) is 4.98 Å². The first-order chi connectivity index (χ1) is 13.2. The van der Waals surface area contributed by atoms with Gasteiger partial charge in [-0.3, -0.25) is 9.78 Å². The lowest BCUT2D eigenvalue weighted by Gasteiger charge is -2.23. The van der Waals surface area contributed by atoms with Crippen LogP contribution in [0.3, 0.4) is 0 Å². The van der Waals surface area contributed by atoms with Gasteiger partial charge in [-0.05, 0) is 42.7 Å². The largest absolute Gasteiger partial charge is 0.333 e. The van der Waals surface area contributed by atoms with Crippen LogP contribution in [0.4, 0.5) is 0 Å². The lowest BCUT2D eigenvalue weighted by atomic mass is 10.1. The molecular weight excluding hydrogens is 380 g/mol. The average molecular weight is 399 g/mol. The standard InChI is InChI=1S/C20H19ClN4OS/c21-15-4-1-3-14(11-15)18-17(20(26)25-10-2-5-16(25)12-22)24-19(27-18)13-6-8-23-9-7-13/h1,3-4,6-9,11,16H,2,5,10,12,22H2. The summed E-state index contributed by atoms with van der Waals surface area (Å²) in [5.74, 6) is -0.0607. The van der Waals surface area contributed by atoms with Crippen molar-refractivity contribution < 1.29 is 4.79 Å². The number of thiazole rings is 1. The average Bonchev–Trinajstić information content (AvgIpc) is 3.35. The van der Waals surface area contributed by atoms with Crippen molar-refractivity contribution >= 4 is 28.8 Å². The number of nitrogens with zero attached hydrogens (tertiary/aromatic N) is 3. The topological polar surface area (TPSA) is 72.1 Å². The van der Waals surface area contributed by atoms with E-state index in [1.165, 1.54) is 11.3 Å². The Morgan fingerprint density at radius 1 is 1.26 bits per heavy atom. The number of amides is 1. The van der Waals surface area contributed by atoms with Gasteiger partial charge in [-0.2, -0.15) is 0 Å². The van der Waals surface area contributed by atoms with E-state index in [1.54, 1.807) is 12.4 Å². The monoisotopic (exact) mass is 398 g/mol. The summed E-state index contributed by atoms with van der Waals surface area (Å²) in [6.07, 6.45) is 5.36. The number of aromatic nitrogens is 2. The van der Waals surface area contributed by atoms with Crippen LogP contribution in [-0.4, -0.2) is 39.9 Å². The summed E-state index contributed by atoms with van der Waals surface area (Å²) in [5.41, 5.74) is 8.17. The molecule has 2 aromatic heterocycles. The third-order valence-corrected chi connectivity index (χ3v) is 6.14. The van der Waals surface area contributed by atoms with Crippen molar-refractivity contribution in [1.29, 1.82) is 0 Å². The van der Waals surface area contributed by atoms with Crippen molar-refractivity contribution in [3.63, 3.8) is 0 Å². The van der Waals surface area contributed by atoms with Crippen molar-refractivity contribution in [1.82, 2.24) is 14.9 Å². The summed E-state index contributed by atoms with van der Waals surface area (Å²) in [6, 6.07) is 11.4. The van der Waals surface area contributed by atoms with E-state index in [1.807, 2.05) is 41.3 Å². The minimum atomic E-state index is -0.0607. The maximum absolute atomic E-state index is 13.3. The fourth-order valence-corrected chi connectivity index (χ4v) is 4.64. The van der Waals surface area contributed by atoms with Gasteiger partial charge in [0.2, 0.25) is 0 Å². The molecular formula is C20H19ClN4OS. The first-order valence-electron chi connectivity index (χ1n) is 8.85. The number of rotatable bonds is 4. The summed E-state index contributed by atoms with van der Waals surface area (Å²) < 4.78 is 0. The minimum absolute atomic E-state index is 0.0607. The zero-order chi connectivity index (χ0) is 18.8. The summed E-state index contributed by atoms with van der Waals surface area (Å²) in [5, 5.41) is 1.42. The highest BCUT2D eigenvalue weighted by Crippen LogP contribution is 2.37. The molecule has 1 aliphatic rings. The molecule has 1 atom stereocenters.